The first-order valence-corrected chi connectivity index (χ1v) is 5.46. The molecule has 3 N–H and O–H groups in total. The van der Waals surface area contributed by atoms with Gasteiger partial charge in [-0.2, -0.15) is 0 Å². The molecule has 0 aromatic carbocycles. The SMILES string of the molecule is CCOCCN(C)C(=O)NCCC(O)C(=O)O. The number of carbonyl (C=O) groups is 2. The fourth-order valence-corrected chi connectivity index (χ4v) is 1.02. The number of aliphatic hydroxyl groups is 1. The third-order valence-corrected chi connectivity index (χ3v) is 2.10. The van der Waals surface area contributed by atoms with Crippen LogP contribution >= 0.6 is 0 Å². The van der Waals surface area contributed by atoms with E-state index in [1.165, 1.54) is 4.90 Å². The van der Waals surface area contributed by atoms with Gasteiger partial charge < -0.3 is 25.2 Å². The Kier molecular flexibility index (Phi) is 8.08. The van der Waals surface area contributed by atoms with Gasteiger partial charge in [0.1, 0.15) is 0 Å². The Bertz CT molecular complexity index is 247. The van der Waals surface area contributed by atoms with Crippen LogP contribution in [-0.2, 0) is 9.53 Å². The van der Waals surface area contributed by atoms with Crippen molar-refractivity contribution in [3.05, 3.63) is 0 Å². The van der Waals surface area contributed by atoms with Crippen molar-refractivity contribution in [2.45, 2.75) is 19.4 Å². The number of carboxylic acid groups (broad SMARTS) is 1. The zero-order chi connectivity index (χ0) is 13.3. The normalized spacial score (nSPS) is 11.9. The first-order chi connectivity index (χ1) is 7.99. The molecule has 100 valence electrons. The highest BCUT2D eigenvalue weighted by Crippen LogP contribution is 1.91. The Hall–Kier alpha value is -1.34. The number of aliphatic carboxylic acids is 1. The quantitative estimate of drug-likeness (QED) is 0.503. The second-order valence-corrected chi connectivity index (χ2v) is 3.49. The molecule has 0 radical (unpaired) electrons. The Morgan fingerprint density at radius 1 is 1.47 bits per heavy atom. The highest BCUT2D eigenvalue weighted by molar-refractivity contribution is 5.74. The van der Waals surface area contributed by atoms with Crippen molar-refractivity contribution in [2.24, 2.45) is 0 Å². The van der Waals surface area contributed by atoms with Gasteiger partial charge in [-0.15, -0.1) is 0 Å². The van der Waals surface area contributed by atoms with Crippen LogP contribution < -0.4 is 5.32 Å². The summed E-state index contributed by atoms with van der Waals surface area (Å²) in [6, 6.07) is -0.317. The topological polar surface area (TPSA) is 99.1 Å². The molecule has 0 rings (SSSR count). The van der Waals surface area contributed by atoms with E-state index in [-0.39, 0.29) is 19.0 Å². The fraction of sp³-hybridized carbons (Fsp3) is 0.800. The number of carbonyl (C=O) groups excluding carboxylic acids is 1. The van der Waals surface area contributed by atoms with Gasteiger partial charge in [0.15, 0.2) is 6.10 Å². The van der Waals surface area contributed by atoms with Crippen LogP contribution in [0.1, 0.15) is 13.3 Å². The standard InChI is InChI=1S/C10H20N2O5/c1-3-17-7-6-12(2)10(16)11-5-4-8(13)9(14)15/h8,13H,3-7H2,1-2H3,(H,11,16)(H,14,15). The second-order valence-electron chi connectivity index (χ2n) is 3.49. The summed E-state index contributed by atoms with van der Waals surface area (Å²) in [5.41, 5.74) is 0. The van der Waals surface area contributed by atoms with Crippen LogP contribution in [0.4, 0.5) is 4.79 Å². The molecule has 0 heterocycles. The molecule has 2 amide bonds. The average Bonchev–Trinajstić information content (AvgIpc) is 2.28. The summed E-state index contributed by atoms with van der Waals surface area (Å²) < 4.78 is 5.09. The van der Waals surface area contributed by atoms with Crippen LogP contribution in [0.3, 0.4) is 0 Å². The first kappa shape index (κ1) is 15.7. The maximum atomic E-state index is 11.4. The molecule has 0 fully saturated rings. The van der Waals surface area contributed by atoms with Crippen molar-refractivity contribution in [3.63, 3.8) is 0 Å². The lowest BCUT2D eigenvalue weighted by Crippen LogP contribution is -2.40. The molecule has 0 aromatic heterocycles. The molecule has 1 atom stereocenters. The minimum Gasteiger partial charge on any atom is -0.479 e. The van der Waals surface area contributed by atoms with Crippen molar-refractivity contribution in [1.82, 2.24) is 10.2 Å². The number of urea groups is 1. The molecule has 7 nitrogen and oxygen atoms in total. The van der Waals surface area contributed by atoms with Gasteiger partial charge in [0, 0.05) is 33.2 Å². The molecule has 0 aliphatic heterocycles. The van der Waals surface area contributed by atoms with E-state index in [4.69, 9.17) is 14.9 Å². The van der Waals surface area contributed by atoms with Crippen LogP contribution in [0, 0.1) is 0 Å². The summed E-state index contributed by atoms with van der Waals surface area (Å²) in [5.74, 6) is -1.29. The lowest BCUT2D eigenvalue weighted by atomic mass is 10.2. The van der Waals surface area contributed by atoms with Gasteiger partial charge in [-0.25, -0.2) is 9.59 Å². The van der Waals surface area contributed by atoms with E-state index < -0.39 is 12.1 Å². The van der Waals surface area contributed by atoms with Crippen molar-refractivity contribution in [1.29, 1.82) is 0 Å². The summed E-state index contributed by atoms with van der Waals surface area (Å²) in [6.07, 6.45) is -1.45. The van der Waals surface area contributed by atoms with Gasteiger partial charge in [-0.1, -0.05) is 0 Å². The fourth-order valence-electron chi connectivity index (χ4n) is 1.02. The van der Waals surface area contributed by atoms with Crippen LogP contribution in [0.5, 0.6) is 0 Å². The Morgan fingerprint density at radius 3 is 2.65 bits per heavy atom. The highest BCUT2D eigenvalue weighted by Gasteiger charge is 2.13. The molecule has 0 saturated carbocycles. The summed E-state index contributed by atoms with van der Waals surface area (Å²) in [4.78, 5) is 23.1. The summed E-state index contributed by atoms with van der Waals surface area (Å²) in [6.45, 7) is 3.50. The first-order valence-electron chi connectivity index (χ1n) is 5.46. The Labute approximate surface area is 100 Å². The van der Waals surface area contributed by atoms with Crippen LogP contribution in [0.2, 0.25) is 0 Å². The molecular formula is C10H20N2O5. The maximum absolute atomic E-state index is 11.4. The van der Waals surface area contributed by atoms with Crippen LogP contribution in [-0.4, -0.2) is 66.6 Å². The number of amides is 2. The van der Waals surface area contributed by atoms with Crippen LogP contribution in [0.15, 0.2) is 0 Å². The summed E-state index contributed by atoms with van der Waals surface area (Å²) in [7, 11) is 1.61. The highest BCUT2D eigenvalue weighted by atomic mass is 16.5. The van der Waals surface area contributed by atoms with E-state index in [0.717, 1.165) is 0 Å². The summed E-state index contributed by atoms with van der Waals surface area (Å²) >= 11 is 0. The molecule has 0 aromatic rings. The number of nitrogens with one attached hydrogen (secondary N) is 1. The van der Waals surface area contributed by atoms with Gasteiger partial charge >= 0.3 is 12.0 Å². The smallest absolute Gasteiger partial charge is 0.332 e. The minimum atomic E-state index is -1.44. The second kappa shape index (κ2) is 8.77. The molecule has 0 aliphatic rings. The number of likely N-dealkylation sites (N-methyl/N-ethyl adjacent to an activating group) is 1. The molecule has 0 saturated heterocycles. The molecule has 0 aliphatic carbocycles. The number of hydrogen-bond donors (Lipinski definition) is 3. The van der Waals surface area contributed by atoms with E-state index >= 15 is 0 Å². The largest absolute Gasteiger partial charge is 0.479 e. The number of nitrogens with zero attached hydrogens (tertiary/aromatic N) is 1. The Balaban J connectivity index is 3.67. The van der Waals surface area contributed by atoms with Gasteiger partial charge in [0.2, 0.25) is 0 Å². The third kappa shape index (κ3) is 7.53. The van der Waals surface area contributed by atoms with Crippen molar-refractivity contribution in [3.8, 4) is 0 Å². The van der Waals surface area contributed by atoms with E-state index in [0.29, 0.717) is 19.8 Å². The zero-order valence-corrected chi connectivity index (χ0v) is 10.2. The zero-order valence-electron chi connectivity index (χ0n) is 10.2. The van der Waals surface area contributed by atoms with Crippen molar-refractivity contribution >= 4 is 12.0 Å². The molecule has 1 unspecified atom stereocenters. The van der Waals surface area contributed by atoms with Gasteiger partial charge in [-0.05, 0) is 6.92 Å². The van der Waals surface area contributed by atoms with Gasteiger partial charge in [0.05, 0.1) is 6.61 Å². The lowest BCUT2D eigenvalue weighted by Gasteiger charge is -2.18. The minimum absolute atomic E-state index is 0.0135. The predicted octanol–water partition coefficient (Wildman–Crippen LogP) is -0.500. The van der Waals surface area contributed by atoms with E-state index in [9.17, 15) is 9.59 Å². The van der Waals surface area contributed by atoms with Gasteiger partial charge in [-0.3, -0.25) is 0 Å². The van der Waals surface area contributed by atoms with Crippen molar-refractivity contribution in [2.75, 3.05) is 33.4 Å². The van der Waals surface area contributed by atoms with Crippen LogP contribution in [0.25, 0.3) is 0 Å². The monoisotopic (exact) mass is 248 g/mol. The third-order valence-electron chi connectivity index (χ3n) is 2.10. The van der Waals surface area contributed by atoms with Gasteiger partial charge in [0.25, 0.3) is 0 Å². The van der Waals surface area contributed by atoms with E-state index in [1.54, 1.807) is 7.05 Å². The predicted molar refractivity (Wildman–Crippen MR) is 60.8 cm³/mol. The maximum Gasteiger partial charge on any atom is 0.332 e. The summed E-state index contributed by atoms with van der Waals surface area (Å²) in [5, 5.41) is 19.9. The number of carboxylic acids is 1. The molecule has 0 spiro atoms. The lowest BCUT2D eigenvalue weighted by molar-refractivity contribution is -0.146. The molecular weight excluding hydrogens is 228 g/mol. The molecule has 0 bridgehead atoms. The number of ether oxygens (including phenoxy) is 1. The average molecular weight is 248 g/mol. The van der Waals surface area contributed by atoms with Crippen molar-refractivity contribution < 1.29 is 24.5 Å². The number of aliphatic hydroxyl groups excluding tert-OH is 1. The van der Waals surface area contributed by atoms with E-state index in [2.05, 4.69) is 5.32 Å². The van der Waals surface area contributed by atoms with E-state index in [1.807, 2.05) is 6.92 Å². The number of rotatable bonds is 8. The molecule has 7 heteroatoms. The molecule has 17 heavy (non-hydrogen) atoms. The Morgan fingerprint density at radius 2 is 2.12 bits per heavy atom. The number of hydrogen-bond acceptors (Lipinski definition) is 4.